The lowest BCUT2D eigenvalue weighted by Crippen LogP contribution is -2.10. The zero-order valence-electron chi connectivity index (χ0n) is 8.85. The van der Waals surface area contributed by atoms with E-state index in [0.717, 1.165) is 4.40 Å². The number of nitrogens with zero attached hydrogens (tertiary/aromatic N) is 3. The molecule has 0 bridgehead atoms. The van der Waals surface area contributed by atoms with Gasteiger partial charge in [-0.2, -0.15) is 13.2 Å². The van der Waals surface area contributed by atoms with Crippen molar-refractivity contribution in [1.29, 1.82) is 0 Å². The smallest absolute Gasteiger partial charge is 0.295 e. The Bertz CT molecular complexity index is 685. The lowest BCUT2D eigenvalue weighted by molar-refractivity contribution is -0.145. The van der Waals surface area contributed by atoms with Crippen LogP contribution in [0.25, 0.3) is 16.2 Å². The summed E-state index contributed by atoms with van der Waals surface area (Å²) in [4.78, 5) is 7.70. The molecule has 0 amide bonds. The van der Waals surface area contributed by atoms with Crippen molar-refractivity contribution >= 4 is 16.9 Å². The van der Waals surface area contributed by atoms with Crippen molar-refractivity contribution in [2.24, 2.45) is 0 Å². The van der Waals surface area contributed by atoms with Gasteiger partial charge in [0.15, 0.2) is 0 Å². The van der Waals surface area contributed by atoms with Crippen molar-refractivity contribution in [2.45, 2.75) is 6.18 Å². The molecule has 0 fully saturated rings. The largest absolute Gasteiger partial charge is 0.450 e. The van der Waals surface area contributed by atoms with Gasteiger partial charge in [0, 0.05) is 17.8 Å². The molecule has 0 N–H and O–H groups in total. The van der Waals surface area contributed by atoms with E-state index in [-0.39, 0.29) is 5.69 Å². The molecule has 0 aliphatic rings. The number of rotatable bonds is 1. The van der Waals surface area contributed by atoms with Gasteiger partial charge < -0.3 is 0 Å². The topological polar surface area (TPSA) is 30.2 Å². The molecule has 3 aromatic rings. The van der Waals surface area contributed by atoms with Gasteiger partial charge in [0.25, 0.3) is 0 Å². The first kappa shape index (κ1) is 11.2. The van der Waals surface area contributed by atoms with Crippen LogP contribution in [0.4, 0.5) is 13.2 Å². The molecule has 18 heavy (non-hydrogen) atoms. The van der Waals surface area contributed by atoms with E-state index in [2.05, 4.69) is 9.97 Å². The maximum atomic E-state index is 12.9. The number of fused-ring (bicyclic) bond motifs is 1. The minimum atomic E-state index is -4.49. The van der Waals surface area contributed by atoms with E-state index in [1.54, 1.807) is 23.7 Å². The highest BCUT2D eigenvalue weighted by Crippen LogP contribution is 2.34. The third-order valence-electron chi connectivity index (χ3n) is 2.44. The van der Waals surface area contributed by atoms with E-state index >= 15 is 0 Å². The van der Waals surface area contributed by atoms with E-state index in [0.29, 0.717) is 10.5 Å². The van der Waals surface area contributed by atoms with E-state index in [4.69, 9.17) is 0 Å². The summed E-state index contributed by atoms with van der Waals surface area (Å²) >= 11 is 1.26. The second-order valence-corrected chi connectivity index (χ2v) is 4.47. The third-order valence-corrected chi connectivity index (χ3v) is 3.22. The Morgan fingerprint density at radius 1 is 1.22 bits per heavy atom. The van der Waals surface area contributed by atoms with Crippen LogP contribution in [-0.4, -0.2) is 14.4 Å². The number of alkyl halides is 3. The zero-order chi connectivity index (χ0) is 12.8. The molecule has 3 nitrogen and oxygen atoms in total. The van der Waals surface area contributed by atoms with Crippen molar-refractivity contribution in [2.75, 3.05) is 0 Å². The first-order valence-corrected chi connectivity index (χ1v) is 5.89. The van der Waals surface area contributed by atoms with Crippen molar-refractivity contribution < 1.29 is 13.2 Å². The summed E-state index contributed by atoms with van der Waals surface area (Å²) in [5, 5.41) is 2.19. The molecule has 0 aliphatic carbocycles. The van der Waals surface area contributed by atoms with Crippen molar-refractivity contribution in [1.82, 2.24) is 14.4 Å². The minimum Gasteiger partial charge on any atom is -0.295 e. The van der Waals surface area contributed by atoms with Crippen LogP contribution in [0.2, 0.25) is 0 Å². The Balaban J connectivity index is 2.35. The Hall–Kier alpha value is -1.89. The lowest BCUT2D eigenvalue weighted by atomic mass is 10.3. The number of hydrogen-bond acceptors (Lipinski definition) is 3. The SMILES string of the molecule is FC(F)(F)c1nc(-c2nccs2)c2ccccn12. The van der Waals surface area contributed by atoms with E-state index in [1.165, 1.54) is 23.6 Å². The molecular formula is C11H6F3N3S. The van der Waals surface area contributed by atoms with Crippen LogP contribution < -0.4 is 0 Å². The van der Waals surface area contributed by atoms with Gasteiger partial charge in [-0.1, -0.05) is 6.07 Å². The van der Waals surface area contributed by atoms with Gasteiger partial charge in [-0.05, 0) is 12.1 Å². The highest BCUT2D eigenvalue weighted by molar-refractivity contribution is 7.13. The molecule has 3 rings (SSSR count). The number of halogens is 3. The standard InChI is InChI=1S/C11H6F3N3S/c12-11(13,14)10-16-8(9-15-4-6-18-9)7-3-1-2-5-17(7)10/h1-6H. The highest BCUT2D eigenvalue weighted by atomic mass is 32.1. The lowest BCUT2D eigenvalue weighted by Gasteiger charge is -2.03. The Morgan fingerprint density at radius 2 is 2.06 bits per heavy atom. The monoisotopic (exact) mass is 269 g/mol. The molecular weight excluding hydrogens is 263 g/mol. The van der Waals surface area contributed by atoms with E-state index < -0.39 is 12.0 Å². The molecule has 0 saturated heterocycles. The summed E-state index contributed by atoms with van der Waals surface area (Å²) < 4.78 is 39.7. The van der Waals surface area contributed by atoms with Gasteiger partial charge in [0.1, 0.15) is 10.7 Å². The number of pyridine rings is 1. The molecule has 0 atom stereocenters. The summed E-state index contributed by atoms with van der Waals surface area (Å²) in [5.74, 6) is -0.928. The average Bonchev–Trinajstić information content (AvgIpc) is 2.94. The van der Waals surface area contributed by atoms with Gasteiger partial charge in [0.2, 0.25) is 5.82 Å². The number of aromatic nitrogens is 3. The summed E-state index contributed by atoms with van der Waals surface area (Å²) in [6.45, 7) is 0. The fourth-order valence-electron chi connectivity index (χ4n) is 1.74. The summed E-state index contributed by atoms with van der Waals surface area (Å²) in [7, 11) is 0. The number of imidazole rings is 1. The van der Waals surface area contributed by atoms with Crippen LogP contribution in [0.3, 0.4) is 0 Å². The second kappa shape index (κ2) is 3.81. The predicted octanol–water partition coefficient (Wildman–Crippen LogP) is 3.48. The molecule has 3 aromatic heterocycles. The Labute approximate surface area is 104 Å². The third kappa shape index (κ3) is 1.67. The maximum absolute atomic E-state index is 12.9. The average molecular weight is 269 g/mol. The molecule has 92 valence electrons. The fraction of sp³-hybridized carbons (Fsp3) is 0.0909. The minimum absolute atomic E-state index is 0.262. The first-order valence-electron chi connectivity index (χ1n) is 5.01. The summed E-state index contributed by atoms with van der Waals surface area (Å²) in [6, 6.07) is 4.81. The highest BCUT2D eigenvalue weighted by Gasteiger charge is 2.37. The van der Waals surface area contributed by atoms with Crippen LogP contribution in [-0.2, 0) is 6.18 Å². The normalized spacial score (nSPS) is 12.2. The Morgan fingerprint density at radius 3 is 2.72 bits per heavy atom. The first-order chi connectivity index (χ1) is 8.57. The number of thiazole rings is 1. The second-order valence-electron chi connectivity index (χ2n) is 3.57. The van der Waals surface area contributed by atoms with Crippen molar-refractivity contribution in [3.63, 3.8) is 0 Å². The van der Waals surface area contributed by atoms with Crippen molar-refractivity contribution in [3.8, 4) is 10.7 Å². The van der Waals surface area contributed by atoms with E-state index in [9.17, 15) is 13.2 Å². The van der Waals surface area contributed by atoms with Crippen LogP contribution in [0.5, 0.6) is 0 Å². The predicted molar refractivity (Wildman–Crippen MR) is 61.3 cm³/mol. The van der Waals surface area contributed by atoms with Gasteiger partial charge in [-0.15, -0.1) is 11.3 Å². The van der Waals surface area contributed by atoms with Gasteiger partial charge in [-0.25, -0.2) is 9.97 Å². The zero-order valence-corrected chi connectivity index (χ0v) is 9.66. The quantitative estimate of drug-likeness (QED) is 0.677. The molecule has 0 radical (unpaired) electrons. The molecule has 0 unspecified atom stereocenters. The Kier molecular flexibility index (Phi) is 2.37. The molecule has 0 aliphatic heterocycles. The van der Waals surface area contributed by atoms with Gasteiger partial charge in [-0.3, -0.25) is 4.40 Å². The van der Waals surface area contributed by atoms with Crippen LogP contribution >= 0.6 is 11.3 Å². The van der Waals surface area contributed by atoms with Crippen molar-refractivity contribution in [3.05, 3.63) is 41.8 Å². The van der Waals surface area contributed by atoms with Crippen LogP contribution in [0.1, 0.15) is 5.82 Å². The molecule has 0 aromatic carbocycles. The van der Waals surface area contributed by atoms with Gasteiger partial charge >= 0.3 is 6.18 Å². The van der Waals surface area contributed by atoms with E-state index in [1.807, 2.05) is 0 Å². The summed E-state index contributed by atoms with van der Waals surface area (Å²) in [5.41, 5.74) is 0.665. The number of hydrogen-bond donors (Lipinski definition) is 0. The summed E-state index contributed by atoms with van der Waals surface area (Å²) in [6.07, 6.45) is -1.59. The van der Waals surface area contributed by atoms with Gasteiger partial charge in [0.05, 0.1) is 5.52 Å². The molecule has 0 spiro atoms. The fourth-order valence-corrected chi connectivity index (χ4v) is 2.37. The molecule has 3 heterocycles. The molecule has 0 saturated carbocycles. The molecule has 7 heteroatoms. The van der Waals surface area contributed by atoms with Crippen LogP contribution in [0, 0.1) is 0 Å². The maximum Gasteiger partial charge on any atom is 0.450 e. The van der Waals surface area contributed by atoms with Crippen LogP contribution in [0.15, 0.2) is 36.0 Å².